The predicted octanol–water partition coefficient (Wildman–Crippen LogP) is 3.47. The van der Waals surface area contributed by atoms with E-state index >= 15 is 0 Å². The van der Waals surface area contributed by atoms with Gasteiger partial charge in [0.15, 0.2) is 0 Å². The Morgan fingerprint density at radius 3 is 2.33 bits per heavy atom. The summed E-state index contributed by atoms with van der Waals surface area (Å²) in [5, 5.41) is 8.67. The number of benzene rings is 2. The minimum absolute atomic E-state index is 0.190. The van der Waals surface area contributed by atoms with Crippen molar-refractivity contribution in [1.29, 1.82) is 0 Å². The summed E-state index contributed by atoms with van der Waals surface area (Å²) in [5.74, 6) is -0.183. The van der Waals surface area contributed by atoms with E-state index in [1.807, 2.05) is 6.92 Å². The molecule has 6 nitrogen and oxygen atoms in total. The molecule has 27 heavy (non-hydrogen) atoms. The summed E-state index contributed by atoms with van der Waals surface area (Å²) < 4.78 is 18.3. The average Bonchev–Trinajstić information content (AvgIpc) is 2.61. The Bertz CT molecular complexity index is 809. The first kappa shape index (κ1) is 20.2. The molecule has 0 fully saturated rings. The zero-order chi connectivity index (χ0) is 20.0. The van der Waals surface area contributed by atoms with Gasteiger partial charge in [0.1, 0.15) is 17.6 Å². The lowest BCUT2D eigenvalue weighted by atomic mass is 10.1. The first-order chi connectivity index (χ1) is 12.8. The highest BCUT2D eigenvalue weighted by molar-refractivity contribution is 5.90. The Labute approximate surface area is 158 Å². The summed E-state index contributed by atoms with van der Waals surface area (Å²) in [6.45, 7) is 4.97. The van der Waals surface area contributed by atoms with E-state index in [0.717, 1.165) is 5.56 Å². The molecule has 0 saturated carbocycles. The highest BCUT2D eigenvalue weighted by Crippen LogP contribution is 2.28. The third kappa shape index (κ3) is 5.70. The Morgan fingerprint density at radius 2 is 1.74 bits per heavy atom. The molecule has 144 valence electrons. The van der Waals surface area contributed by atoms with Crippen LogP contribution in [0.25, 0.3) is 0 Å². The van der Waals surface area contributed by atoms with E-state index in [1.54, 1.807) is 37.3 Å². The van der Waals surface area contributed by atoms with Crippen LogP contribution in [0.3, 0.4) is 0 Å². The number of nitrogens with one attached hydrogen (secondary N) is 3. The van der Waals surface area contributed by atoms with Crippen LogP contribution in [0.1, 0.15) is 32.4 Å². The van der Waals surface area contributed by atoms with Crippen molar-refractivity contribution < 1.29 is 18.7 Å². The van der Waals surface area contributed by atoms with Crippen molar-refractivity contribution in [1.82, 2.24) is 5.32 Å². The summed E-state index contributed by atoms with van der Waals surface area (Å²) in [4.78, 5) is 23.7. The van der Waals surface area contributed by atoms with Crippen molar-refractivity contribution in [2.24, 2.45) is 0 Å². The fourth-order valence-electron chi connectivity index (χ4n) is 2.57. The average molecular weight is 373 g/mol. The van der Waals surface area contributed by atoms with Gasteiger partial charge in [-0.1, -0.05) is 12.1 Å². The Hall–Kier alpha value is -3.09. The number of anilines is 2. The van der Waals surface area contributed by atoms with Crippen molar-refractivity contribution in [2.45, 2.75) is 32.9 Å². The van der Waals surface area contributed by atoms with Crippen LogP contribution in [-0.2, 0) is 9.59 Å². The van der Waals surface area contributed by atoms with E-state index in [0.29, 0.717) is 17.1 Å². The molecule has 0 aliphatic carbocycles. The van der Waals surface area contributed by atoms with E-state index in [9.17, 15) is 14.0 Å². The van der Waals surface area contributed by atoms with Crippen LogP contribution < -0.4 is 20.7 Å². The Kier molecular flexibility index (Phi) is 6.76. The number of amides is 2. The molecule has 2 rings (SSSR count). The molecule has 0 aliphatic heterocycles. The molecule has 2 amide bonds. The second-order valence-electron chi connectivity index (χ2n) is 6.24. The monoisotopic (exact) mass is 373 g/mol. The molecule has 0 spiro atoms. The van der Waals surface area contributed by atoms with Gasteiger partial charge in [0.25, 0.3) is 0 Å². The van der Waals surface area contributed by atoms with Crippen molar-refractivity contribution in [3.8, 4) is 5.75 Å². The van der Waals surface area contributed by atoms with Gasteiger partial charge < -0.3 is 20.7 Å². The SMILES string of the molecule is COc1ccc(NC(C)=O)cc1NC(C)C(=O)NC(C)c1ccc(F)cc1. The third-order valence-corrected chi connectivity index (χ3v) is 4.01. The molecule has 2 aromatic rings. The zero-order valence-electron chi connectivity index (χ0n) is 15.8. The number of hydrogen-bond donors (Lipinski definition) is 3. The molecule has 0 bridgehead atoms. The summed E-state index contributed by atoms with van der Waals surface area (Å²) in [6, 6.07) is 10.3. The fraction of sp³-hybridized carbons (Fsp3) is 0.300. The molecular weight excluding hydrogens is 349 g/mol. The highest BCUT2D eigenvalue weighted by Gasteiger charge is 2.18. The maximum absolute atomic E-state index is 13.0. The molecule has 0 aromatic heterocycles. The van der Waals surface area contributed by atoms with Gasteiger partial charge in [-0.25, -0.2) is 4.39 Å². The van der Waals surface area contributed by atoms with Crippen LogP contribution in [-0.4, -0.2) is 25.0 Å². The van der Waals surface area contributed by atoms with Gasteiger partial charge in [0, 0.05) is 12.6 Å². The zero-order valence-corrected chi connectivity index (χ0v) is 15.8. The second-order valence-corrected chi connectivity index (χ2v) is 6.24. The topological polar surface area (TPSA) is 79.5 Å². The third-order valence-electron chi connectivity index (χ3n) is 4.01. The molecular formula is C20H24FN3O3. The Morgan fingerprint density at radius 1 is 1.07 bits per heavy atom. The smallest absolute Gasteiger partial charge is 0.242 e. The number of halogens is 1. The molecule has 3 N–H and O–H groups in total. The van der Waals surface area contributed by atoms with Crippen LogP contribution >= 0.6 is 0 Å². The lowest BCUT2D eigenvalue weighted by Gasteiger charge is -2.21. The lowest BCUT2D eigenvalue weighted by molar-refractivity contribution is -0.122. The standard InChI is InChI=1S/C20H24FN3O3/c1-12(15-5-7-16(21)8-6-15)23-20(26)13(2)22-18-11-17(24-14(3)25)9-10-19(18)27-4/h5-13,22H,1-4H3,(H,23,26)(H,24,25). The van der Waals surface area contributed by atoms with Crippen LogP contribution in [0.15, 0.2) is 42.5 Å². The van der Waals surface area contributed by atoms with Gasteiger partial charge in [0.2, 0.25) is 11.8 Å². The molecule has 0 saturated heterocycles. The van der Waals surface area contributed by atoms with Gasteiger partial charge in [-0.3, -0.25) is 9.59 Å². The minimum Gasteiger partial charge on any atom is -0.495 e. The highest BCUT2D eigenvalue weighted by atomic mass is 19.1. The first-order valence-corrected chi connectivity index (χ1v) is 8.58. The summed E-state index contributed by atoms with van der Waals surface area (Å²) in [5.41, 5.74) is 1.99. The Balaban J connectivity index is 2.06. The summed E-state index contributed by atoms with van der Waals surface area (Å²) in [6.07, 6.45) is 0. The maximum atomic E-state index is 13.0. The number of ether oxygens (including phenoxy) is 1. The normalized spacial score (nSPS) is 12.6. The number of hydrogen-bond acceptors (Lipinski definition) is 4. The van der Waals surface area contributed by atoms with E-state index in [1.165, 1.54) is 26.2 Å². The van der Waals surface area contributed by atoms with E-state index < -0.39 is 6.04 Å². The van der Waals surface area contributed by atoms with Gasteiger partial charge in [-0.2, -0.15) is 0 Å². The molecule has 7 heteroatoms. The van der Waals surface area contributed by atoms with Crippen LogP contribution in [0, 0.1) is 5.82 Å². The van der Waals surface area contributed by atoms with Crippen LogP contribution in [0.5, 0.6) is 5.75 Å². The minimum atomic E-state index is -0.561. The fourth-order valence-corrected chi connectivity index (χ4v) is 2.57. The van der Waals surface area contributed by atoms with Gasteiger partial charge in [-0.05, 0) is 49.7 Å². The van der Waals surface area contributed by atoms with Crippen molar-refractivity contribution in [3.63, 3.8) is 0 Å². The van der Waals surface area contributed by atoms with Crippen LogP contribution in [0.4, 0.5) is 15.8 Å². The predicted molar refractivity (Wildman–Crippen MR) is 103 cm³/mol. The van der Waals surface area contributed by atoms with Gasteiger partial charge in [0.05, 0.1) is 18.8 Å². The van der Waals surface area contributed by atoms with Crippen molar-refractivity contribution >= 4 is 23.2 Å². The molecule has 2 atom stereocenters. The largest absolute Gasteiger partial charge is 0.495 e. The van der Waals surface area contributed by atoms with E-state index in [2.05, 4.69) is 16.0 Å². The van der Waals surface area contributed by atoms with E-state index in [4.69, 9.17) is 4.74 Å². The molecule has 2 aromatic carbocycles. The van der Waals surface area contributed by atoms with Gasteiger partial charge in [-0.15, -0.1) is 0 Å². The first-order valence-electron chi connectivity index (χ1n) is 8.58. The quantitative estimate of drug-likeness (QED) is 0.694. The number of carbonyl (C=O) groups excluding carboxylic acids is 2. The summed E-state index contributed by atoms with van der Waals surface area (Å²) >= 11 is 0. The number of rotatable bonds is 7. The molecule has 2 unspecified atom stereocenters. The maximum Gasteiger partial charge on any atom is 0.242 e. The van der Waals surface area contributed by atoms with E-state index in [-0.39, 0.29) is 23.7 Å². The summed E-state index contributed by atoms with van der Waals surface area (Å²) in [7, 11) is 1.53. The second kappa shape index (κ2) is 9.02. The van der Waals surface area contributed by atoms with Crippen molar-refractivity contribution in [2.75, 3.05) is 17.7 Å². The van der Waals surface area contributed by atoms with Crippen molar-refractivity contribution in [3.05, 3.63) is 53.8 Å². The molecule has 0 radical (unpaired) electrons. The number of carbonyl (C=O) groups is 2. The lowest BCUT2D eigenvalue weighted by Crippen LogP contribution is -2.39. The van der Waals surface area contributed by atoms with Crippen LogP contribution in [0.2, 0.25) is 0 Å². The molecule has 0 heterocycles. The molecule has 0 aliphatic rings. The number of methoxy groups -OCH3 is 1. The van der Waals surface area contributed by atoms with Gasteiger partial charge >= 0.3 is 0 Å².